The zero-order valence-electron chi connectivity index (χ0n) is 18.6. The predicted octanol–water partition coefficient (Wildman–Crippen LogP) is 2.93. The summed E-state index contributed by atoms with van der Waals surface area (Å²) in [4.78, 5) is 17.0. The molecule has 0 bridgehead atoms. The maximum atomic E-state index is 13.0. The molecule has 3 fully saturated rings. The van der Waals surface area contributed by atoms with Crippen LogP contribution in [0.1, 0.15) is 25.1 Å². The van der Waals surface area contributed by atoms with Crippen LogP contribution < -0.4 is 14.5 Å². The van der Waals surface area contributed by atoms with E-state index in [0.29, 0.717) is 50.4 Å². The molecule has 3 aromatic rings. The first-order valence-electron chi connectivity index (χ1n) is 11.3. The van der Waals surface area contributed by atoms with Gasteiger partial charge in [-0.2, -0.15) is 18.2 Å². The standard InChI is InChI=1S/C22H24F3N7O2/c1-2-34-19-16-8-27-20(28-18(16)32(29-19)15-9-33-10-15)30-6-4-21(11-30)12-31(13-21)14-3-5-26-17(7-14)22(23,24)25/h3,5,7-8,15H,2,4,6,9-13H2,1H3. The topological polar surface area (TPSA) is 81.4 Å². The van der Waals surface area contributed by atoms with E-state index in [2.05, 4.69) is 20.0 Å². The maximum absolute atomic E-state index is 13.0. The Morgan fingerprint density at radius 2 is 1.97 bits per heavy atom. The average molecular weight is 475 g/mol. The Hall–Kier alpha value is -3.15. The minimum Gasteiger partial charge on any atom is -0.476 e. The molecule has 0 amide bonds. The third-order valence-electron chi connectivity index (χ3n) is 6.82. The second-order valence-electron chi connectivity index (χ2n) is 9.21. The number of nitrogens with zero attached hydrogens (tertiary/aromatic N) is 7. The van der Waals surface area contributed by atoms with Gasteiger partial charge < -0.3 is 19.3 Å². The fraction of sp³-hybridized carbons (Fsp3) is 0.545. The van der Waals surface area contributed by atoms with Gasteiger partial charge in [0.1, 0.15) is 17.1 Å². The summed E-state index contributed by atoms with van der Waals surface area (Å²) in [5, 5.41) is 5.37. The van der Waals surface area contributed by atoms with Crippen molar-refractivity contribution in [1.29, 1.82) is 0 Å². The molecular formula is C22H24F3N7O2. The van der Waals surface area contributed by atoms with Crippen LogP contribution in [0.4, 0.5) is 24.8 Å². The second kappa shape index (κ2) is 7.69. The number of ether oxygens (including phenoxy) is 2. The van der Waals surface area contributed by atoms with E-state index in [-0.39, 0.29) is 11.5 Å². The molecule has 3 aliphatic rings. The van der Waals surface area contributed by atoms with Crippen LogP contribution in [0.3, 0.4) is 0 Å². The van der Waals surface area contributed by atoms with Gasteiger partial charge in [0.2, 0.25) is 11.8 Å². The predicted molar refractivity (Wildman–Crippen MR) is 117 cm³/mol. The molecule has 3 aromatic heterocycles. The highest BCUT2D eigenvalue weighted by atomic mass is 19.4. The zero-order chi connectivity index (χ0) is 23.5. The van der Waals surface area contributed by atoms with E-state index in [1.807, 2.05) is 16.5 Å². The van der Waals surface area contributed by atoms with Gasteiger partial charge in [-0.15, -0.1) is 5.10 Å². The van der Waals surface area contributed by atoms with Crippen LogP contribution in [0, 0.1) is 5.41 Å². The van der Waals surface area contributed by atoms with E-state index in [9.17, 15) is 13.2 Å². The Morgan fingerprint density at radius 1 is 1.18 bits per heavy atom. The molecule has 9 nitrogen and oxygen atoms in total. The Balaban J connectivity index is 1.19. The first-order valence-corrected chi connectivity index (χ1v) is 11.3. The van der Waals surface area contributed by atoms with Crippen LogP contribution in [0.25, 0.3) is 11.0 Å². The van der Waals surface area contributed by atoms with Gasteiger partial charge in [0.05, 0.1) is 19.8 Å². The summed E-state index contributed by atoms with van der Waals surface area (Å²) in [6.07, 6.45) is -0.528. The molecule has 0 aliphatic carbocycles. The van der Waals surface area contributed by atoms with Crippen LogP contribution in [0.2, 0.25) is 0 Å². The normalized spacial score (nSPS) is 20.1. The molecule has 0 radical (unpaired) electrons. The van der Waals surface area contributed by atoms with Crippen molar-refractivity contribution < 1.29 is 22.6 Å². The van der Waals surface area contributed by atoms with Gasteiger partial charge in [0.25, 0.3) is 0 Å². The molecule has 6 rings (SSSR count). The van der Waals surface area contributed by atoms with E-state index in [1.54, 1.807) is 12.3 Å². The number of aromatic nitrogens is 5. The molecule has 0 unspecified atom stereocenters. The smallest absolute Gasteiger partial charge is 0.433 e. The summed E-state index contributed by atoms with van der Waals surface area (Å²) < 4.78 is 52.0. The molecule has 1 spiro atoms. The summed E-state index contributed by atoms with van der Waals surface area (Å²) >= 11 is 0. The van der Waals surface area contributed by atoms with Crippen LogP contribution in [-0.2, 0) is 10.9 Å². The monoisotopic (exact) mass is 475 g/mol. The van der Waals surface area contributed by atoms with Gasteiger partial charge in [-0.3, -0.25) is 4.98 Å². The van der Waals surface area contributed by atoms with E-state index >= 15 is 0 Å². The molecule has 3 saturated heterocycles. The first-order chi connectivity index (χ1) is 16.4. The summed E-state index contributed by atoms with van der Waals surface area (Å²) in [5.41, 5.74) is 0.438. The Labute approximate surface area is 193 Å². The summed E-state index contributed by atoms with van der Waals surface area (Å²) in [7, 11) is 0. The summed E-state index contributed by atoms with van der Waals surface area (Å²) in [6.45, 7) is 6.53. The van der Waals surface area contributed by atoms with Crippen molar-refractivity contribution in [2.45, 2.75) is 25.6 Å². The number of hydrogen-bond donors (Lipinski definition) is 0. The fourth-order valence-corrected chi connectivity index (χ4v) is 4.98. The molecule has 6 heterocycles. The highest BCUT2D eigenvalue weighted by molar-refractivity contribution is 5.81. The molecule has 3 aliphatic heterocycles. The third-order valence-corrected chi connectivity index (χ3v) is 6.82. The number of fused-ring (bicyclic) bond motifs is 1. The van der Waals surface area contributed by atoms with E-state index < -0.39 is 11.9 Å². The van der Waals surface area contributed by atoms with Crippen molar-refractivity contribution in [3.63, 3.8) is 0 Å². The minimum atomic E-state index is -4.45. The molecule has 34 heavy (non-hydrogen) atoms. The van der Waals surface area contributed by atoms with Gasteiger partial charge >= 0.3 is 6.18 Å². The van der Waals surface area contributed by atoms with Crippen molar-refractivity contribution in [2.75, 3.05) is 55.8 Å². The Kier molecular flexibility index (Phi) is 4.84. The fourth-order valence-electron chi connectivity index (χ4n) is 4.98. The molecule has 0 aromatic carbocycles. The number of halogens is 3. The summed E-state index contributed by atoms with van der Waals surface area (Å²) in [6, 6.07) is 2.89. The largest absolute Gasteiger partial charge is 0.476 e. The maximum Gasteiger partial charge on any atom is 0.433 e. The molecule has 180 valence electrons. The van der Waals surface area contributed by atoms with Gasteiger partial charge in [-0.05, 0) is 25.5 Å². The Bertz CT molecular complexity index is 1220. The molecule has 12 heteroatoms. The van der Waals surface area contributed by atoms with Gasteiger partial charge in [0, 0.05) is 49.7 Å². The first kappa shape index (κ1) is 21.4. The zero-order valence-corrected chi connectivity index (χ0v) is 18.6. The van der Waals surface area contributed by atoms with Gasteiger partial charge in [-0.25, -0.2) is 9.67 Å². The molecular weight excluding hydrogens is 451 g/mol. The van der Waals surface area contributed by atoms with Crippen molar-refractivity contribution in [3.8, 4) is 5.88 Å². The van der Waals surface area contributed by atoms with Gasteiger partial charge in [0.15, 0.2) is 5.65 Å². The third kappa shape index (κ3) is 3.51. The number of hydrogen-bond acceptors (Lipinski definition) is 8. The number of anilines is 2. The minimum absolute atomic E-state index is 0.0124. The van der Waals surface area contributed by atoms with Crippen molar-refractivity contribution in [1.82, 2.24) is 24.7 Å². The van der Waals surface area contributed by atoms with Crippen LogP contribution in [0.15, 0.2) is 24.5 Å². The Morgan fingerprint density at radius 3 is 2.68 bits per heavy atom. The quantitative estimate of drug-likeness (QED) is 0.557. The number of alkyl halides is 3. The van der Waals surface area contributed by atoms with E-state index in [1.165, 1.54) is 6.20 Å². The lowest BCUT2D eigenvalue weighted by atomic mass is 9.79. The highest BCUT2D eigenvalue weighted by Gasteiger charge is 2.48. The van der Waals surface area contributed by atoms with Gasteiger partial charge in [-0.1, -0.05) is 0 Å². The SMILES string of the molecule is CCOc1nn(C2COC2)c2nc(N3CCC4(CN(c5ccnc(C(F)(F)F)c5)C4)C3)ncc12. The molecule has 0 atom stereocenters. The second-order valence-corrected chi connectivity index (χ2v) is 9.21. The number of rotatable bonds is 5. The lowest BCUT2D eigenvalue weighted by Crippen LogP contribution is -2.57. The van der Waals surface area contributed by atoms with Crippen molar-refractivity contribution >= 4 is 22.7 Å². The van der Waals surface area contributed by atoms with Crippen LogP contribution >= 0.6 is 0 Å². The van der Waals surface area contributed by atoms with E-state index in [4.69, 9.17) is 14.5 Å². The lowest BCUT2D eigenvalue weighted by Gasteiger charge is -2.49. The molecule has 0 saturated carbocycles. The van der Waals surface area contributed by atoms with Crippen LogP contribution in [-0.4, -0.2) is 70.7 Å². The molecule has 0 N–H and O–H groups in total. The average Bonchev–Trinajstić information content (AvgIpc) is 3.34. The number of pyridine rings is 1. The van der Waals surface area contributed by atoms with Crippen molar-refractivity contribution in [2.24, 2.45) is 5.41 Å². The lowest BCUT2D eigenvalue weighted by molar-refractivity contribution is -0.141. The summed E-state index contributed by atoms with van der Waals surface area (Å²) in [5.74, 6) is 1.16. The van der Waals surface area contributed by atoms with Crippen LogP contribution in [0.5, 0.6) is 5.88 Å². The van der Waals surface area contributed by atoms with E-state index in [0.717, 1.165) is 36.6 Å². The van der Waals surface area contributed by atoms with Crippen molar-refractivity contribution in [3.05, 3.63) is 30.2 Å². The highest BCUT2D eigenvalue weighted by Crippen LogP contribution is 2.43.